The summed E-state index contributed by atoms with van der Waals surface area (Å²) in [6.45, 7) is 5.95. The fourth-order valence-electron chi connectivity index (χ4n) is 1.84. The summed E-state index contributed by atoms with van der Waals surface area (Å²) in [7, 11) is 0. The largest absolute Gasteiger partial charge is 0.319 e. The lowest BCUT2D eigenvalue weighted by Crippen LogP contribution is -2.13. The van der Waals surface area contributed by atoms with Gasteiger partial charge < -0.3 is 5.32 Å². The minimum Gasteiger partial charge on any atom is -0.319 e. The Morgan fingerprint density at radius 2 is 1.83 bits per heavy atom. The predicted molar refractivity (Wildman–Crippen MR) is 73.5 cm³/mol. The highest BCUT2D eigenvalue weighted by Gasteiger charge is 2.14. The van der Waals surface area contributed by atoms with Gasteiger partial charge in [-0.1, -0.05) is 29.0 Å². The molecule has 18 heavy (non-hydrogen) atoms. The first kappa shape index (κ1) is 13.0. The van der Waals surface area contributed by atoms with Crippen molar-refractivity contribution in [1.82, 2.24) is 10.2 Å². The van der Waals surface area contributed by atoms with E-state index in [0.717, 1.165) is 28.2 Å². The fourth-order valence-corrected chi connectivity index (χ4v) is 2.56. The maximum Gasteiger partial charge on any atom is 0.286 e. The SMILES string of the molecule is Cc1cc(C)c(NC(=O)c2nnc(Cl)s2)c(C)c1. The zero-order chi connectivity index (χ0) is 13.3. The molecule has 2 rings (SSSR count). The molecule has 0 saturated heterocycles. The zero-order valence-corrected chi connectivity index (χ0v) is 11.8. The van der Waals surface area contributed by atoms with Crippen LogP contribution in [0.3, 0.4) is 0 Å². The number of amides is 1. The van der Waals surface area contributed by atoms with Crippen molar-refractivity contribution in [3.8, 4) is 0 Å². The monoisotopic (exact) mass is 281 g/mol. The van der Waals surface area contributed by atoms with Gasteiger partial charge in [-0.15, -0.1) is 10.2 Å². The normalized spacial score (nSPS) is 10.4. The number of anilines is 1. The molecule has 1 aromatic heterocycles. The van der Waals surface area contributed by atoms with Gasteiger partial charge in [0.15, 0.2) is 0 Å². The second-order valence-electron chi connectivity index (χ2n) is 4.09. The van der Waals surface area contributed by atoms with Gasteiger partial charge in [-0.2, -0.15) is 0 Å². The summed E-state index contributed by atoms with van der Waals surface area (Å²) < 4.78 is 0.262. The smallest absolute Gasteiger partial charge is 0.286 e. The Morgan fingerprint density at radius 3 is 2.33 bits per heavy atom. The summed E-state index contributed by atoms with van der Waals surface area (Å²) in [5.41, 5.74) is 4.03. The van der Waals surface area contributed by atoms with E-state index in [1.54, 1.807) is 0 Å². The van der Waals surface area contributed by atoms with Crippen molar-refractivity contribution in [3.63, 3.8) is 0 Å². The van der Waals surface area contributed by atoms with Crippen molar-refractivity contribution in [2.75, 3.05) is 5.32 Å². The summed E-state index contributed by atoms with van der Waals surface area (Å²) in [5, 5.41) is 10.4. The molecule has 0 aliphatic rings. The Kier molecular flexibility index (Phi) is 3.63. The summed E-state index contributed by atoms with van der Waals surface area (Å²) in [6.07, 6.45) is 0. The average Bonchev–Trinajstić information content (AvgIpc) is 2.70. The van der Waals surface area contributed by atoms with E-state index >= 15 is 0 Å². The molecule has 0 unspecified atom stereocenters. The van der Waals surface area contributed by atoms with Crippen LogP contribution in [0.2, 0.25) is 4.47 Å². The first-order valence-corrected chi connectivity index (χ1v) is 6.55. The van der Waals surface area contributed by atoms with Crippen LogP contribution in [0, 0.1) is 20.8 Å². The summed E-state index contributed by atoms with van der Waals surface area (Å²) >= 11 is 6.72. The number of halogens is 1. The molecule has 6 heteroatoms. The summed E-state index contributed by atoms with van der Waals surface area (Å²) in [6, 6.07) is 4.05. The van der Waals surface area contributed by atoms with E-state index in [4.69, 9.17) is 11.6 Å². The number of carbonyl (C=O) groups is 1. The van der Waals surface area contributed by atoms with Gasteiger partial charge in [0.2, 0.25) is 9.47 Å². The molecule has 2 aromatic rings. The first-order chi connectivity index (χ1) is 8.47. The number of hydrogen-bond donors (Lipinski definition) is 1. The van der Waals surface area contributed by atoms with Gasteiger partial charge in [0.1, 0.15) is 0 Å². The lowest BCUT2D eigenvalue weighted by atomic mass is 10.1. The van der Waals surface area contributed by atoms with Crippen LogP contribution in [0.1, 0.15) is 26.5 Å². The van der Waals surface area contributed by atoms with Crippen LogP contribution in [0.25, 0.3) is 0 Å². The number of aromatic nitrogens is 2. The van der Waals surface area contributed by atoms with Crippen LogP contribution in [-0.2, 0) is 0 Å². The van der Waals surface area contributed by atoms with Gasteiger partial charge >= 0.3 is 0 Å². The van der Waals surface area contributed by atoms with Crippen molar-refractivity contribution in [2.24, 2.45) is 0 Å². The Bertz CT molecular complexity index is 586. The quantitative estimate of drug-likeness (QED) is 0.918. The molecular weight excluding hydrogens is 270 g/mol. The highest BCUT2D eigenvalue weighted by atomic mass is 35.5. The van der Waals surface area contributed by atoms with Gasteiger partial charge in [0.05, 0.1) is 0 Å². The summed E-state index contributed by atoms with van der Waals surface area (Å²) in [5.74, 6) is -0.283. The molecule has 94 valence electrons. The highest BCUT2D eigenvalue weighted by molar-refractivity contribution is 7.17. The van der Waals surface area contributed by atoms with E-state index in [2.05, 4.69) is 15.5 Å². The van der Waals surface area contributed by atoms with Crippen LogP contribution in [0.4, 0.5) is 5.69 Å². The third kappa shape index (κ3) is 2.68. The zero-order valence-electron chi connectivity index (χ0n) is 10.2. The highest BCUT2D eigenvalue weighted by Crippen LogP contribution is 2.23. The van der Waals surface area contributed by atoms with E-state index in [9.17, 15) is 4.79 Å². The van der Waals surface area contributed by atoms with E-state index in [1.807, 2.05) is 32.9 Å². The number of rotatable bonds is 2. The van der Waals surface area contributed by atoms with Crippen molar-refractivity contribution < 1.29 is 4.79 Å². The Balaban J connectivity index is 2.27. The average molecular weight is 282 g/mol. The fraction of sp³-hybridized carbons (Fsp3) is 0.250. The number of aryl methyl sites for hydroxylation is 3. The van der Waals surface area contributed by atoms with Crippen LogP contribution in [0.15, 0.2) is 12.1 Å². The molecule has 0 saturated carbocycles. The maximum absolute atomic E-state index is 12.0. The van der Waals surface area contributed by atoms with E-state index in [0.29, 0.717) is 0 Å². The second-order valence-corrected chi connectivity index (χ2v) is 5.65. The minimum absolute atomic E-state index is 0.262. The molecule has 1 aromatic carbocycles. The number of nitrogens with zero attached hydrogens (tertiary/aromatic N) is 2. The van der Waals surface area contributed by atoms with Crippen molar-refractivity contribution in [3.05, 3.63) is 38.3 Å². The van der Waals surface area contributed by atoms with E-state index < -0.39 is 0 Å². The van der Waals surface area contributed by atoms with Crippen LogP contribution < -0.4 is 5.32 Å². The molecule has 4 nitrogen and oxygen atoms in total. The number of carbonyl (C=O) groups excluding carboxylic acids is 1. The van der Waals surface area contributed by atoms with Crippen LogP contribution in [0.5, 0.6) is 0 Å². The van der Waals surface area contributed by atoms with Crippen molar-refractivity contribution in [2.45, 2.75) is 20.8 Å². The second kappa shape index (κ2) is 5.04. The Labute approximate surface area is 114 Å². The molecule has 1 heterocycles. The molecule has 1 amide bonds. The molecular formula is C12H12ClN3OS. The molecule has 0 spiro atoms. The molecule has 0 aliphatic heterocycles. The van der Waals surface area contributed by atoms with Crippen LogP contribution >= 0.6 is 22.9 Å². The molecule has 0 fully saturated rings. The molecule has 1 N–H and O–H groups in total. The van der Waals surface area contributed by atoms with Crippen molar-refractivity contribution in [1.29, 1.82) is 0 Å². The van der Waals surface area contributed by atoms with Crippen LogP contribution in [-0.4, -0.2) is 16.1 Å². The van der Waals surface area contributed by atoms with E-state index in [1.165, 1.54) is 5.56 Å². The minimum atomic E-state index is -0.283. The molecule has 0 aliphatic carbocycles. The van der Waals surface area contributed by atoms with Gasteiger partial charge in [0, 0.05) is 5.69 Å². The van der Waals surface area contributed by atoms with Gasteiger partial charge in [0.25, 0.3) is 5.91 Å². The van der Waals surface area contributed by atoms with Gasteiger partial charge in [-0.25, -0.2) is 0 Å². The Morgan fingerprint density at radius 1 is 1.22 bits per heavy atom. The first-order valence-electron chi connectivity index (χ1n) is 5.35. The van der Waals surface area contributed by atoms with Gasteiger partial charge in [-0.3, -0.25) is 4.79 Å². The molecule has 0 bridgehead atoms. The summed E-state index contributed by atoms with van der Waals surface area (Å²) in [4.78, 5) is 12.0. The standard InChI is InChI=1S/C12H12ClN3OS/c1-6-4-7(2)9(8(3)5-6)14-10(17)11-15-16-12(13)18-11/h4-5H,1-3H3,(H,14,17). The molecule has 0 radical (unpaired) electrons. The van der Waals surface area contributed by atoms with Crippen molar-refractivity contribution >= 4 is 34.5 Å². The third-order valence-corrected chi connectivity index (χ3v) is 3.53. The predicted octanol–water partition coefficient (Wildman–Crippen LogP) is 3.37. The Hall–Kier alpha value is -1.46. The lowest BCUT2D eigenvalue weighted by Gasteiger charge is -2.11. The lowest BCUT2D eigenvalue weighted by molar-refractivity contribution is 0.102. The maximum atomic E-state index is 12.0. The topological polar surface area (TPSA) is 54.9 Å². The number of hydrogen-bond acceptors (Lipinski definition) is 4. The van der Waals surface area contributed by atoms with E-state index in [-0.39, 0.29) is 15.4 Å². The molecule has 0 atom stereocenters. The van der Waals surface area contributed by atoms with Gasteiger partial charge in [-0.05, 0) is 43.5 Å². The number of nitrogens with one attached hydrogen (secondary N) is 1. The third-order valence-electron chi connectivity index (χ3n) is 2.51. The number of benzene rings is 1.